The fourth-order valence-corrected chi connectivity index (χ4v) is 3.32. The maximum absolute atomic E-state index is 12.7. The molecule has 128 valence electrons. The Balaban J connectivity index is 1.48. The van der Waals surface area contributed by atoms with Crippen LogP contribution < -0.4 is 0 Å². The number of benzene rings is 1. The third kappa shape index (κ3) is 3.53. The van der Waals surface area contributed by atoms with E-state index >= 15 is 0 Å². The molecular weight excluding hydrogens is 316 g/mol. The Morgan fingerprint density at radius 1 is 1.32 bits per heavy atom. The van der Waals surface area contributed by atoms with Crippen LogP contribution in [0.25, 0.3) is 10.9 Å². The summed E-state index contributed by atoms with van der Waals surface area (Å²) in [6, 6.07) is 8.52. The molecule has 1 amide bonds. The highest BCUT2D eigenvalue weighted by molar-refractivity contribution is 5.92. The molecule has 1 atom stereocenters. The topological polar surface area (TPSA) is 71.1 Å². The van der Waals surface area contributed by atoms with Gasteiger partial charge in [-0.2, -0.15) is 0 Å². The molecule has 6 heteroatoms. The minimum atomic E-state index is -0.0790. The quantitative estimate of drug-likeness (QED) is 0.796. The largest absolute Gasteiger partial charge is 0.379 e. The number of aromatic nitrogens is 3. The van der Waals surface area contributed by atoms with Crippen molar-refractivity contribution in [3.8, 4) is 0 Å². The first-order chi connectivity index (χ1) is 12.3. The molecule has 1 aromatic carbocycles. The summed E-state index contributed by atoms with van der Waals surface area (Å²) in [7, 11) is 0. The zero-order valence-electron chi connectivity index (χ0n) is 13.9. The third-order valence-corrected chi connectivity index (χ3v) is 4.55. The molecule has 0 spiro atoms. The van der Waals surface area contributed by atoms with Gasteiger partial charge in [0, 0.05) is 43.1 Å². The summed E-state index contributed by atoms with van der Waals surface area (Å²) in [5.41, 5.74) is 2.78. The highest BCUT2D eigenvalue weighted by Crippen LogP contribution is 2.19. The number of amides is 1. The number of hydrogen-bond donors (Lipinski definition) is 1. The van der Waals surface area contributed by atoms with Crippen molar-refractivity contribution < 1.29 is 9.53 Å². The average molecular weight is 336 g/mol. The Kier molecular flexibility index (Phi) is 4.43. The molecule has 0 saturated carbocycles. The summed E-state index contributed by atoms with van der Waals surface area (Å²) in [5, 5.41) is 1.21. The van der Waals surface area contributed by atoms with Gasteiger partial charge in [0.2, 0.25) is 0 Å². The molecule has 2 aromatic heterocycles. The van der Waals surface area contributed by atoms with Crippen LogP contribution >= 0.6 is 0 Å². The molecule has 1 fully saturated rings. The first-order valence-electron chi connectivity index (χ1n) is 8.48. The molecule has 6 nitrogen and oxygen atoms in total. The van der Waals surface area contributed by atoms with Crippen LogP contribution in [0.3, 0.4) is 0 Å². The van der Waals surface area contributed by atoms with Crippen LogP contribution in [0, 0.1) is 5.92 Å². The van der Waals surface area contributed by atoms with Crippen LogP contribution in [0.2, 0.25) is 0 Å². The smallest absolute Gasteiger partial charge is 0.274 e. The van der Waals surface area contributed by atoms with E-state index in [1.54, 1.807) is 12.4 Å². The summed E-state index contributed by atoms with van der Waals surface area (Å²) in [4.78, 5) is 25.8. The molecule has 1 N–H and O–H groups in total. The minimum Gasteiger partial charge on any atom is -0.379 e. The van der Waals surface area contributed by atoms with Crippen molar-refractivity contribution in [2.24, 2.45) is 5.92 Å². The van der Waals surface area contributed by atoms with Crippen molar-refractivity contribution in [1.82, 2.24) is 19.9 Å². The Bertz CT molecular complexity index is 862. The Hall–Kier alpha value is -2.73. The van der Waals surface area contributed by atoms with Gasteiger partial charge in [0.25, 0.3) is 5.91 Å². The first kappa shape index (κ1) is 15.8. The van der Waals surface area contributed by atoms with Crippen LogP contribution in [0.4, 0.5) is 0 Å². The lowest BCUT2D eigenvalue weighted by molar-refractivity contribution is 0.0731. The lowest BCUT2D eigenvalue weighted by atomic mass is 9.98. The van der Waals surface area contributed by atoms with Gasteiger partial charge in [0.05, 0.1) is 19.4 Å². The lowest BCUT2D eigenvalue weighted by Gasteiger charge is -2.23. The van der Waals surface area contributed by atoms with Crippen LogP contribution in [-0.2, 0) is 11.2 Å². The van der Waals surface area contributed by atoms with Crippen LogP contribution in [0.5, 0.6) is 0 Å². The highest BCUT2D eigenvalue weighted by atomic mass is 16.5. The zero-order valence-corrected chi connectivity index (χ0v) is 13.9. The van der Waals surface area contributed by atoms with Crippen LogP contribution in [0.1, 0.15) is 16.1 Å². The normalized spacial score (nSPS) is 18.2. The predicted octanol–water partition coefficient (Wildman–Crippen LogP) is 2.29. The van der Waals surface area contributed by atoms with E-state index in [-0.39, 0.29) is 11.8 Å². The van der Waals surface area contributed by atoms with Gasteiger partial charge in [0.15, 0.2) is 0 Å². The third-order valence-electron chi connectivity index (χ3n) is 4.55. The second kappa shape index (κ2) is 7.03. The van der Waals surface area contributed by atoms with Crippen molar-refractivity contribution in [2.45, 2.75) is 6.42 Å². The molecule has 1 aliphatic heterocycles. The minimum absolute atomic E-state index is 0.0790. The van der Waals surface area contributed by atoms with Crippen molar-refractivity contribution in [1.29, 1.82) is 0 Å². The maximum Gasteiger partial charge on any atom is 0.274 e. The van der Waals surface area contributed by atoms with Gasteiger partial charge in [-0.1, -0.05) is 6.07 Å². The molecule has 1 unspecified atom stereocenters. The fraction of sp³-hybridized carbons (Fsp3) is 0.316. The van der Waals surface area contributed by atoms with Gasteiger partial charge < -0.3 is 14.6 Å². The summed E-state index contributed by atoms with van der Waals surface area (Å²) in [6.45, 7) is 2.47. The monoisotopic (exact) mass is 336 g/mol. The molecule has 0 bridgehead atoms. The van der Waals surface area contributed by atoms with Crippen LogP contribution in [-0.4, -0.2) is 52.1 Å². The molecular formula is C19H20N4O2. The summed E-state index contributed by atoms with van der Waals surface area (Å²) in [5.74, 6) is 0.184. The van der Waals surface area contributed by atoms with E-state index in [9.17, 15) is 4.79 Å². The Labute approximate surface area is 145 Å². The summed E-state index contributed by atoms with van der Waals surface area (Å²) < 4.78 is 5.73. The molecule has 4 rings (SSSR count). The molecule has 1 saturated heterocycles. The molecule has 1 aliphatic rings. The van der Waals surface area contributed by atoms with E-state index < -0.39 is 0 Å². The van der Waals surface area contributed by atoms with Crippen molar-refractivity contribution >= 4 is 16.8 Å². The van der Waals surface area contributed by atoms with E-state index in [0.717, 1.165) is 11.9 Å². The SMILES string of the molecule is O=C(c1cnccn1)N1CCOCC(Cc2ccc3[nH]ccc3c2)C1. The van der Waals surface area contributed by atoms with Crippen molar-refractivity contribution in [3.05, 3.63) is 60.3 Å². The molecule has 3 aromatic rings. The number of hydrogen-bond acceptors (Lipinski definition) is 4. The van der Waals surface area contributed by atoms with Gasteiger partial charge >= 0.3 is 0 Å². The summed E-state index contributed by atoms with van der Waals surface area (Å²) in [6.07, 6.45) is 7.46. The van der Waals surface area contributed by atoms with E-state index in [0.29, 0.717) is 32.0 Å². The van der Waals surface area contributed by atoms with Gasteiger partial charge in [0.1, 0.15) is 5.69 Å². The second-order valence-electron chi connectivity index (χ2n) is 6.39. The van der Waals surface area contributed by atoms with Crippen LogP contribution in [0.15, 0.2) is 49.1 Å². The second-order valence-corrected chi connectivity index (χ2v) is 6.39. The fourth-order valence-electron chi connectivity index (χ4n) is 3.32. The number of carbonyl (C=O) groups excluding carboxylic acids is 1. The first-order valence-corrected chi connectivity index (χ1v) is 8.48. The Morgan fingerprint density at radius 2 is 2.28 bits per heavy atom. The predicted molar refractivity (Wildman–Crippen MR) is 94.2 cm³/mol. The number of fused-ring (bicyclic) bond motifs is 1. The Morgan fingerprint density at radius 3 is 3.16 bits per heavy atom. The number of carbonyl (C=O) groups is 1. The van der Waals surface area contributed by atoms with Gasteiger partial charge in [-0.3, -0.25) is 9.78 Å². The number of ether oxygens (including phenoxy) is 1. The highest BCUT2D eigenvalue weighted by Gasteiger charge is 2.24. The number of aromatic amines is 1. The molecule has 0 aliphatic carbocycles. The molecule has 0 radical (unpaired) electrons. The van der Waals surface area contributed by atoms with E-state index in [1.807, 2.05) is 11.1 Å². The van der Waals surface area contributed by atoms with Gasteiger partial charge in [-0.25, -0.2) is 4.98 Å². The summed E-state index contributed by atoms with van der Waals surface area (Å²) >= 11 is 0. The van der Waals surface area contributed by atoms with E-state index in [4.69, 9.17) is 4.74 Å². The van der Waals surface area contributed by atoms with E-state index in [1.165, 1.54) is 17.1 Å². The zero-order chi connectivity index (χ0) is 17.1. The number of nitrogens with zero attached hydrogens (tertiary/aromatic N) is 3. The van der Waals surface area contributed by atoms with Gasteiger partial charge in [-0.15, -0.1) is 0 Å². The van der Waals surface area contributed by atoms with E-state index in [2.05, 4.69) is 39.2 Å². The lowest BCUT2D eigenvalue weighted by Crippen LogP contribution is -2.36. The van der Waals surface area contributed by atoms with Gasteiger partial charge in [-0.05, 0) is 35.6 Å². The number of nitrogens with one attached hydrogen (secondary N) is 1. The van der Waals surface area contributed by atoms with Crippen molar-refractivity contribution in [3.63, 3.8) is 0 Å². The van der Waals surface area contributed by atoms with Crippen molar-refractivity contribution in [2.75, 3.05) is 26.3 Å². The maximum atomic E-state index is 12.7. The number of H-pyrrole nitrogens is 1. The number of rotatable bonds is 3. The average Bonchev–Trinajstić information content (AvgIpc) is 2.99. The standard InChI is InChI=1S/C19H20N4O2/c24-19(18-11-20-5-6-22-18)23-7-8-25-13-15(12-23)9-14-1-2-17-16(10-14)3-4-21-17/h1-6,10-11,15,21H,7-9,12-13H2. The molecule has 25 heavy (non-hydrogen) atoms. The molecule has 3 heterocycles.